The first-order valence-electron chi connectivity index (χ1n) is 10.8. The Balaban J connectivity index is 1.89. The smallest absolute Gasteiger partial charge is 0.382 e. The molecule has 0 bridgehead atoms. The summed E-state index contributed by atoms with van der Waals surface area (Å²) in [6.07, 6.45) is -12.8. The van der Waals surface area contributed by atoms with Gasteiger partial charge in [-0.2, -0.15) is 26.3 Å². The number of benzene rings is 2. The number of Topliss-reactive ketones (excluding diaryl/α,β-unsaturated/α-hetero) is 1. The Labute approximate surface area is 211 Å². The van der Waals surface area contributed by atoms with E-state index in [-0.39, 0.29) is 29.9 Å². The highest BCUT2D eigenvalue weighted by molar-refractivity contribution is 6.30. The van der Waals surface area contributed by atoms with Gasteiger partial charge in [-0.1, -0.05) is 29.8 Å². The van der Waals surface area contributed by atoms with Crippen molar-refractivity contribution in [3.05, 3.63) is 75.2 Å². The zero-order chi connectivity index (χ0) is 27.5. The van der Waals surface area contributed by atoms with E-state index < -0.39 is 54.5 Å². The molecule has 3 rings (SSSR count). The number of alkyl halides is 6. The van der Waals surface area contributed by atoms with E-state index >= 15 is 0 Å². The van der Waals surface area contributed by atoms with Gasteiger partial charge in [-0.3, -0.25) is 9.36 Å². The first kappa shape index (κ1) is 28.4. The summed E-state index contributed by atoms with van der Waals surface area (Å²) in [7, 11) is 0. The Morgan fingerprint density at radius 1 is 1.08 bits per heavy atom. The van der Waals surface area contributed by atoms with E-state index in [0.29, 0.717) is 14.3 Å². The minimum atomic E-state index is -5.02. The maximum atomic E-state index is 13.1. The average Bonchev–Trinajstić information content (AvgIpc) is 3.11. The molecule has 0 aliphatic heterocycles. The molecule has 7 nitrogen and oxygen atoms in total. The summed E-state index contributed by atoms with van der Waals surface area (Å²) in [4.78, 5) is 25.6. The number of hydrogen-bond donors (Lipinski definition) is 2. The van der Waals surface area contributed by atoms with Crippen molar-refractivity contribution in [2.24, 2.45) is 5.73 Å². The Hall–Kier alpha value is -3.16. The van der Waals surface area contributed by atoms with Crippen LogP contribution in [0.1, 0.15) is 23.5 Å². The lowest BCUT2D eigenvalue weighted by atomic mass is 9.92. The van der Waals surface area contributed by atoms with Crippen molar-refractivity contribution in [1.82, 2.24) is 14.3 Å². The summed E-state index contributed by atoms with van der Waals surface area (Å²) >= 11 is 5.84. The maximum Gasteiger partial charge on any atom is 0.416 e. The predicted molar refractivity (Wildman–Crippen MR) is 122 cm³/mol. The number of nitrogens with two attached hydrogens (primary N) is 1. The Morgan fingerprint density at radius 2 is 1.73 bits per heavy atom. The molecule has 1 heterocycles. The first-order chi connectivity index (χ1) is 17.2. The van der Waals surface area contributed by atoms with Crippen LogP contribution in [0.25, 0.3) is 11.4 Å². The van der Waals surface area contributed by atoms with Gasteiger partial charge in [0.15, 0.2) is 17.7 Å². The van der Waals surface area contributed by atoms with Gasteiger partial charge in [0.05, 0.1) is 12.1 Å². The van der Waals surface area contributed by atoms with E-state index in [1.165, 1.54) is 36.4 Å². The second-order valence-electron chi connectivity index (χ2n) is 8.24. The SMILES string of the molecule is NCC(CC(=O)Cn1nc(-c2ccc(Cl)cc2)n(CC(O)C(F)(F)F)c1=O)c1cccc(C(F)(F)F)c1. The molecule has 0 amide bonds. The molecule has 37 heavy (non-hydrogen) atoms. The molecular weight excluding hydrogens is 530 g/mol. The topological polar surface area (TPSA) is 103 Å². The van der Waals surface area contributed by atoms with E-state index in [0.717, 1.165) is 12.1 Å². The predicted octanol–water partition coefficient (Wildman–Crippen LogP) is 4.01. The molecule has 0 fully saturated rings. The van der Waals surface area contributed by atoms with Crippen LogP contribution in [0.5, 0.6) is 0 Å². The fraction of sp³-hybridized carbons (Fsp3) is 0.348. The van der Waals surface area contributed by atoms with Gasteiger partial charge < -0.3 is 10.8 Å². The molecule has 14 heteroatoms. The standard InChI is InChI=1S/C23H21ClF6N4O3/c24-17-6-4-13(5-7-17)20-32-34(21(37)33(20)12-19(36)23(28,29)30)11-18(35)9-15(10-31)14-2-1-3-16(8-14)22(25,26)27/h1-8,15,19,36H,9-12,31H2. The number of aliphatic hydroxyl groups is 1. The molecule has 0 aliphatic rings. The molecule has 1 aromatic heterocycles. The molecular formula is C23H21ClF6N4O3. The molecule has 0 saturated heterocycles. The quantitative estimate of drug-likeness (QED) is 0.392. The normalized spacial score (nSPS) is 14.0. The van der Waals surface area contributed by atoms with Gasteiger partial charge in [-0.15, -0.1) is 5.10 Å². The number of ketones is 1. The number of aromatic nitrogens is 3. The van der Waals surface area contributed by atoms with Crippen molar-refractivity contribution < 1.29 is 36.2 Å². The van der Waals surface area contributed by atoms with Gasteiger partial charge in [0.2, 0.25) is 0 Å². The lowest BCUT2D eigenvalue weighted by molar-refractivity contribution is -0.207. The summed E-state index contributed by atoms with van der Waals surface area (Å²) in [5, 5.41) is 13.8. The molecule has 200 valence electrons. The van der Waals surface area contributed by atoms with E-state index in [2.05, 4.69) is 5.10 Å². The lowest BCUT2D eigenvalue weighted by Gasteiger charge is -2.16. The lowest BCUT2D eigenvalue weighted by Crippen LogP contribution is -2.37. The number of rotatable bonds is 9. The van der Waals surface area contributed by atoms with Crippen molar-refractivity contribution in [3.63, 3.8) is 0 Å². The summed E-state index contributed by atoms with van der Waals surface area (Å²) in [6.45, 7) is -2.03. The number of carbonyl (C=O) groups is 1. The van der Waals surface area contributed by atoms with Gasteiger partial charge >= 0.3 is 18.0 Å². The van der Waals surface area contributed by atoms with Crippen molar-refractivity contribution in [2.45, 2.75) is 43.9 Å². The van der Waals surface area contributed by atoms with Crippen LogP contribution < -0.4 is 11.4 Å². The number of aliphatic hydroxyl groups excluding tert-OH is 1. The summed E-state index contributed by atoms with van der Waals surface area (Å²) in [5.74, 6) is -1.69. The van der Waals surface area contributed by atoms with E-state index in [9.17, 15) is 41.0 Å². The zero-order valence-corrected chi connectivity index (χ0v) is 19.7. The van der Waals surface area contributed by atoms with Crippen molar-refractivity contribution in [2.75, 3.05) is 6.54 Å². The molecule has 0 spiro atoms. The van der Waals surface area contributed by atoms with Gasteiger partial charge in [-0.05, 0) is 42.4 Å². The minimum Gasteiger partial charge on any atom is -0.382 e. The molecule has 0 radical (unpaired) electrons. The van der Waals surface area contributed by atoms with Crippen molar-refractivity contribution in [3.8, 4) is 11.4 Å². The van der Waals surface area contributed by atoms with Crippen LogP contribution in [0, 0.1) is 0 Å². The fourth-order valence-corrected chi connectivity index (χ4v) is 3.74. The Bertz CT molecular complexity index is 1300. The van der Waals surface area contributed by atoms with Crippen LogP contribution in [0.4, 0.5) is 26.3 Å². The third kappa shape index (κ3) is 6.99. The highest BCUT2D eigenvalue weighted by atomic mass is 35.5. The second-order valence-corrected chi connectivity index (χ2v) is 8.67. The van der Waals surface area contributed by atoms with Crippen LogP contribution in [0.3, 0.4) is 0 Å². The van der Waals surface area contributed by atoms with Gasteiger partial charge in [0.25, 0.3) is 0 Å². The van der Waals surface area contributed by atoms with Gasteiger partial charge in [0.1, 0.15) is 6.54 Å². The van der Waals surface area contributed by atoms with Crippen LogP contribution in [0.2, 0.25) is 5.02 Å². The Kier molecular flexibility index (Phi) is 8.50. The summed E-state index contributed by atoms with van der Waals surface area (Å²) in [6, 6.07) is 9.94. The van der Waals surface area contributed by atoms with Crippen LogP contribution in [-0.4, -0.2) is 44.1 Å². The van der Waals surface area contributed by atoms with E-state index in [1.807, 2.05) is 0 Å². The summed E-state index contributed by atoms with van der Waals surface area (Å²) < 4.78 is 79.3. The monoisotopic (exact) mass is 550 g/mol. The third-order valence-corrected chi connectivity index (χ3v) is 5.78. The number of nitrogens with zero attached hydrogens (tertiary/aromatic N) is 3. The zero-order valence-electron chi connectivity index (χ0n) is 18.9. The molecule has 2 unspecified atom stereocenters. The number of hydrogen-bond acceptors (Lipinski definition) is 5. The maximum absolute atomic E-state index is 13.1. The highest BCUT2D eigenvalue weighted by Crippen LogP contribution is 2.32. The van der Waals surface area contributed by atoms with Crippen molar-refractivity contribution in [1.29, 1.82) is 0 Å². The molecule has 2 aromatic carbocycles. The minimum absolute atomic E-state index is 0.165. The number of halogens is 7. The molecule has 3 N–H and O–H groups in total. The molecule has 3 aromatic rings. The molecule has 0 saturated carbocycles. The Morgan fingerprint density at radius 3 is 2.30 bits per heavy atom. The largest absolute Gasteiger partial charge is 0.416 e. The fourth-order valence-electron chi connectivity index (χ4n) is 3.61. The van der Waals surface area contributed by atoms with Gasteiger partial charge in [0, 0.05) is 22.9 Å². The number of carbonyl (C=O) groups excluding carboxylic acids is 1. The van der Waals surface area contributed by atoms with E-state index in [1.54, 1.807) is 0 Å². The van der Waals surface area contributed by atoms with E-state index in [4.69, 9.17) is 17.3 Å². The van der Waals surface area contributed by atoms with Crippen LogP contribution in [0.15, 0.2) is 53.3 Å². The van der Waals surface area contributed by atoms with Crippen molar-refractivity contribution >= 4 is 17.4 Å². The summed E-state index contributed by atoms with van der Waals surface area (Å²) in [5.41, 5.74) is 4.04. The van der Waals surface area contributed by atoms with Crippen LogP contribution >= 0.6 is 11.6 Å². The highest BCUT2D eigenvalue weighted by Gasteiger charge is 2.39. The van der Waals surface area contributed by atoms with Gasteiger partial charge in [-0.25, -0.2) is 9.48 Å². The average molecular weight is 551 g/mol. The first-order valence-corrected chi connectivity index (χ1v) is 11.2. The second kappa shape index (κ2) is 11.1. The molecule has 2 atom stereocenters. The molecule has 0 aliphatic carbocycles. The van der Waals surface area contributed by atoms with Crippen LogP contribution in [-0.2, 0) is 24.1 Å². The third-order valence-electron chi connectivity index (χ3n) is 5.53.